The Morgan fingerprint density at radius 1 is 1.50 bits per heavy atom. The van der Waals surface area contributed by atoms with Crippen LogP contribution in [0.4, 0.5) is 10.1 Å². The van der Waals surface area contributed by atoms with Crippen LogP contribution in [-0.4, -0.2) is 12.5 Å². The number of rotatable bonds is 5. The molecule has 0 spiro atoms. The minimum absolute atomic E-state index is 0.0738. The highest BCUT2D eigenvalue weighted by Crippen LogP contribution is 2.48. The van der Waals surface area contributed by atoms with E-state index in [1.54, 1.807) is 6.07 Å². The lowest BCUT2D eigenvalue weighted by Crippen LogP contribution is -2.30. The van der Waals surface area contributed by atoms with Gasteiger partial charge < -0.3 is 11.1 Å². The van der Waals surface area contributed by atoms with E-state index in [-0.39, 0.29) is 22.6 Å². The molecule has 1 aromatic carbocycles. The van der Waals surface area contributed by atoms with E-state index in [2.05, 4.69) is 12.2 Å². The van der Waals surface area contributed by atoms with Gasteiger partial charge in [0.2, 0.25) is 0 Å². The van der Waals surface area contributed by atoms with Crippen molar-refractivity contribution in [2.75, 3.05) is 12.3 Å². The number of para-hydroxylation sites is 1. The zero-order valence-corrected chi connectivity index (χ0v) is 10.6. The number of anilines is 1. The van der Waals surface area contributed by atoms with Crippen molar-refractivity contribution in [1.82, 2.24) is 5.32 Å². The fourth-order valence-electron chi connectivity index (χ4n) is 2.32. The Kier molecular flexibility index (Phi) is 3.55. The number of hydrogen-bond acceptors (Lipinski definition) is 2. The van der Waals surface area contributed by atoms with Gasteiger partial charge in [0.1, 0.15) is 5.82 Å². The van der Waals surface area contributed by atoms with E-state index in [4.69, 9.17) is 5.73 Å². The lowest BCUT2D eigenvalue weighted by Gasteiger charge is -2.15. The summed E-state index contributed by atoms with van der Waals surface area (Å²) in [7, 11) is 0. The molecule has 0 aromatic heterocycles. The predicted molar refractivity (Wildman–Crippen MR) is 69.7 cm³/mol. The summed E-state index contributed by atoms with van der Waals surface area (Å²) in [5.74, 6) is -0.827. The van der Waals surface area contributed by atoms with Crippen LogP contribution in [-0.2, 0) is 0 Å². The van der Waals surface area contributed by atoms with E-state index >= 15 is 0 Å². The Labute approximate surface area is 107 Å². The maximum Gasteiger partial charge on any atom is 0.253 e. The van der Waals surface area contributed by atoms with Crippen LogP contribution in [0.15, 0.2) is 18.2 Å². The molecule has 3 N–H and O–H groups in total. The third kappa shape index (κ3) is 2.63. The minimum Gasteiger partial charge on any atom is -0.396 e. The van der Waals surface area contributed by atoms with Crippen LogP contribution in [0.2, 0.25) is 0 Å². The number of nitrogen functional groups attached to an aromatic ring is 1. The van der Waals surface area contributed by atoms with Gasteiger partial charge in [0.15, 0.2) is 0 Å². The predicted octanol–water partition coefficient (Wildman–Crippen LogP) is 2.72. The average Bonchev–Trinajstić information content (AvgIpc) is 3.11. The van der Waals surface area contributed by atoms with Crippen molar-refractivity contribution in [3.8, 4) is 0 Å². The molecule has 0 unspecified atom stereocenters. The van der Waals surface area contributed by atoms with Gasteiger partial charge in [-0.15, -0.1) is 0 Å². The van der Waals surface area contributed by atoms with Gasteiger partial charge in [-0.05, 0) is 36.8 Å². The third-order valence-corrected chi connectivity index (χ3v) is 3.66. The highest BCUT2D eigenvalue weighted by molar-refractivity contribution is 5.99. The molecule has 0 atom stereocenters. The summed E-state index contributed by atoms with van der Waals surface area (Å²) in [5.41, 5.74) is 6.00. The molecule has 1 aliphatic carbocycles. The summed E-state index contributed by atoms with van der Waals surface area (Å²) < 4.78 is 13.2. The number of benzene rings is 1. The molecule has 1 amide bonds. The van der Waals surface area contributed by atoms with Crippen LogP contribution in [0.1, 0.15) is 43.0 Å². The molecule has 0 radical (unpaired) electrons. The van der Waals surface area contributed by atoms with Crippen molar-refractivity contribution in [3.05, 3.63) is 29.6 Å². The number of halogens is 1. The van der Waals surface area contributed by atoms with Crippen LogP contribution < -0.4 is 11.1 Å². The van der Waals surface area contributed by atoms with Crippen LogP contribution in [0, 0.1) is 11.2 Å². The highest BCUT2D eigenvalue weighted by atomic mass is 19.1. The first kappa shape index (κ1) is 12.9. The summed E-state index contributed by atoms with van der Waals surface area (Å²) in [4.78, 5) is 11.9. The quantitative estimate of drug-likeness (QED) is 0.789. The molecule has 2 rings (SSSR count). The Balaban J connectivity index is 1.98. The molecule has 0 bridgehead atoms. The van der Waals surface area contributed by atoms with Crippen LogP contribution in [0.3, 0.4) is 0 Å². The first-order valence-electron chi connectivity index (χ1n) is 6.40. The van der Waals surface area contributed by atoms with Gasteiger partial charge in [-0.25, -0.2) is 4.39 Å². The normalized spacial score (nSPS) is 16.3. The second-order valence-electron chi connectivity index (χ2n) is 5.13. The zero-order valence-electron chi connectivity index (χ0n) is 10.6. The Bertz CT molecular complexity index is 455. The molecule has 0 aliphatic heterocycles. The summed E-state index contributed by atoms with van der Waals surface area (Å²) >= 11 is 0. The van der Waals surface area contributed by atoms with Crippen LogP contribution in [0.25, 0.3) is 0 Å². The standard InChI is InChI=1S/C14H19FN2O/c1-2-6-14(7-8-14)9-17-13(18)10-4-3-5-11(15)12(10)16/h3-5H,2,6-9,16H2,1H3,(H,17,18). The van der Waals surface area contributed by atoms with Gasteiger partial charge in [0.25, 0.3) is 5.91 Å². The SMILES string of the molecule is CCCC1(CNC(=O)c2cccc(F)c2N)CC1. The van der Waals surface area contributed by atoms with E-state index in [1.165, 1.54) is 25.0 Å². The molecule has 3 nitrogen and oxygen atoms in total. The number of amides is 1. The summed E-state index contributed by atoms with van der Waals surface area (Å²) in [5, 5.41) is 2.87. The maximum absolute atomic E-state index is 13.2. The van der Waals surface area contributed by atoms with Gasteiger partial charge in [-0.1, -0.05) is 19.4 Å². The first-order chi connectivity index (χ1) is 8.58. The van der Waals surface area contributed by atoms with Gasteiger partial charge in [-0.3, -0.25) is 4.79 Å². The topological polar surface area (TPSA) is 55.1 Å². The fraction of sp³-hybridized carbons (Fsp3) is 0.500. The van der Waals surface area contributed by atoms with E-state index in [0.717, 1.165) is 12.8 Å². The Morgan fingerprint density at radius 2 is 2.22 bits per heavy atom. The van der Waals surface area contributed by atoms with Gasteiger partial charge in [0.05, 0.1) is 11.3 Å². The average molecular weight is 250 g/mol. The molecule has 0 heterocycles. The summed E-state index contributed by atoms with van der Waals surface area (Å²) in [6, 6.07) is 4.30. The van der Waals surface area contributed by atoms with Crippen molar-refractivity contribution < 1.29 is 9.18 Å². The molecule has 98 valence electrons. The summed E-state index contributed by atoms with van der Waals surface area (Å²) in [6.07, 6.45) is 4.59. The molecule has 18 heavy (non-hydrogen) atoms. The fourth-order valence-corrected chi connectivity index (χ4v) is 2.32. The van der Waals surface area contributed by atoms with E-state index in [0.29, 0.717) is 6.54 Å². The Hall–Kier alpha value is -1.58. The van der Waals surface area contributed by atoms with E-state index in [9.17, 15) is 9.18 Å². The number of nitrogens with one attached hydrogen (secondary N) is 1. The molecule has 0 saturated heterocycles. The second kappa shape index (κ2) is 4.96. The minimum atomic E-state index is -0.544. The smallest absolute Gasteiger partial charge is 0.253 e. The lowest BCUT2D eigenvalue weighted by molar-refractivity contribution is 0.0944. The van der Waals surface area contributed by atoms with Gasteiger partial charge in [-0.2, -0.15) is 0 Å². The molecule has 1 fully saturated rings. The second-order valence-corrected chi connectivity index (χ2v) is 5.13. The zero-order chi connectivity index (χ0) is 13.2. The molecule has 1 aromatic rings. The maximum atomic E-state index is 13.2. The van der Waals surface area contributed by atoms with E-state index in [1.807, 2.05) is 0 Å². The highest BCUT2D eigenvalue weighted by Gasteiger charge is 2.41. The van der Waals surface area contributed by atoms with Crippen molar-refractivity contribution in [3.63, 3.8) is 0 Å². The van der Waals surface area contributed by atoms with Crippen molar-refractivity contribution >= 4 is 11.6 Å². The number of carbonyl (C=O) groups excluding carboxylic acids is 1. The van der Waals surface area contributed by atoms with E-state index < -0.39 is 5.82 Å². The van der Waals surface area contributed by atoms with Crippen LogP contribution in [0.5, 0.6) is 0 Å². The van der Waals surface area contributed by atoms with Crippen molar-refractivity contribution in [2.24, 2.45) is 5.41 Å². The van der Waals surface area contributed by atoms with Crippen molar-refractivity contribution in [2.45, 2.75) is 32.6 Å². The Morgan fingerprint density at radius 3 is 2.83 bits per heavy atom. The van der Waals surface area contributed by atoms with Gasteiger partial charge in [0, 0.05) is 6.54 Å². The molecular weight excluding hydrogens is 231 g/mol. The third-order valence-electron chi connectivity index (χ3n) is 3.66. The number of hydrogen-bond donors (Lipinski definition) is 2. The monoisotopic (exact) mass is 250 g/mol. The lowest BCUT2D eigenvalue weighted by atomic mass is 10.0. The molecular formula is C14H19FN2O. The van der Waals surface area contributed by atoms with Crippen molar-refractivity contribution in [1.29, 1.82) is 0 Å². The number of nitrogens with two attached hydrogens (primary N) is 1. The number of carbonyl (C=O) groups is 1. The molecule has 1 aliphatic rings. The first-order valence-corrected chi connectivity index (χ1v) is 6.40. The largest absolute Gasteiger partial charge is 0.396 e. The van der Waals surface area contributed by atoms with Gasteiger partial charge >= 0.3 is 0 Å². The van der Waals surface area contributed by atoms with Crippen LogP contribution >= 0.6 is 0 Å². The molecule has 1 saturated carbocycles. The summed E-state index contributed by atoms with van der Waals surface area (Å²) in [6.45, 7) is 2.81. The molecule has 4 heteroatoms.